The van der Waals surface area contributed by atoms with Gasteiger partial charge in [0.25, 0.3) is 0 Å². The van der Waals surface area contributed by atoms with Crippen molar-refractivity contribution in [1.29, 1.82) is 0 Å². The van der Waals surface area contributed by atoms with Crippen molar-refractivity contribution in [2.75, 3.05) is 37.9 Å². The molecule has 2 amide bonds. The number of carbonyl (C=O) groups is 3. The Morgan fingerprint density at radius 2 is 2.28 bits per heavy atom. The van der Waals surface area contributed by atoms with Crippen LogP contribution < -0.4 is 0 Å². The van der Waals surface area contributed by atoms with Gasteiger partial charge in [-0.15, -0.1) is 11.8 Å². The fourth-order valence-electron chi connectivity index (χ4n) is 1.90. The van der Waals surface area contributed by atoms with E-state index in [0.717, 1.165) is 0 Å². The zero-order valence-corrected chi connectivity index (χ0v) is 10.5. The van der Waals surface area contributed by atoms with Crippen molar-refractivity contribution in [2.45, 2.75) is 6.04 Å². The highest BCUT2D eigenvalue weighted by Gasteiger charge is 2.34. The number of carboxylic acids is 1. The van der Waals surface area contributed by atoms with Crippen molar-refractivity contribution in [3.8, 4) is 0 Å². The summed E-state index contributed by atoms with van der Waals surface area (Å²) in [5.41, 5.74) is 0. The van der Waals surface area contributed by atoms with E-state index in [1.165, 1.54) is 21.6 Å². The number of thioether (sulfide) groups is 1. The summed E-state index contributed by atoms with van der Waals surface area (Å²) >= 11 is 1.45. The molecule has 1 atom stereocenters. The zero-order chi connectivity index (χ0) is 13.1. The first-order valence-electron chi connectivity index (χ1n) is 5.55. The van der Waals surface area contributed by atoms with Crippen LogP contribution in [-0.2, 0) is 19.1 Å². The lowest BCUT2D eigenvalue weighted by Gasteiger charge is -2.33. The van der Waals surface area contributed by atoms with Crippen LogP contribution in [0, 0.1) is 0 Å². The molecule has 0 aliphatic carbocycles. The van der Waals surface area contributed by atoms with Crippen LogP contribution in [0.5, 0.6) is 0 Å². The predicted octanol–water partition coefficient (Wildman–Crippen LogP) is -1.17. The minimum absolute atomic E-state index is 0.00374. The Morgan fingerprint density at radius 1 is 1.50 bits per heavy atom. The van der Waals surface area contributed by atoms with Crippen LogP contribution in [0.2, 0.25) is 0 Å². The van der Waals surface area contributed by atoms with Crippen molar-refractivity contribution in [3.05, 3.63) is 0 Å². The average Bonchev–Trinajstić information content (AvgIpc) is 2.75. The summed E-state index contributed by atoms with van der Waals surface area (Å²) in [6.45, 7) is 0.544. The van der Waals surface area contributed by atoms with Gasteiger partial charge in [-0.05, 0) is 0 Å². The van der Waals surface area contributed by atoms with Gasteiger partial charge in [0.05, 0.1) is 24.8 Å². The van der Waals surface area contributed by atoms with E-state index in [-0.39, 0.29) is 31.5 Å². The third-order valence-corrected chi connectivity index (χ3v) is 3.83. The fourth-order valence-corrected chi connectivity index (χ4v) is 2.81. The summed E-state index contributed by atoms with van der Waals surface area (Å²) in [6, 6.07) is -0.948. The molecule has 100 valence electrons. The van der Waals surface area contributed by atoms with Crippen LogP contribution in [0.4, 0.5) is 0 Å². The molecule has 0 aromatic rings. The van der Waals surface area contributed by atoms with Crippen LogP contribution in [0.25, 0.3) is 0 Å². The van der Waals surface area contributed by atoms with Gasteiger partial charge in [0.1, 0.15) is 6.54 Å². The molecular weight excluding hydrogens is 260 g/mol. The SMILES string of the molecule is O=C(O)C1COCCN1C(=O)CN1CSCC1=O. The van der Waals surface area contributed by atoms with E-state index in [0.29, 0.717) is 18.2 Å². The normalized spacial score (nSPS) is 24.4. The van der Waals surface area contributed by atoms with E-state index in [1.807, 2.05) is 0 Å². The molecule has 2 aliphatic heterocycles. The van der Waals surface area contributed by atoms with Crippen LogP contribution in [-0.4, -0.2) is 76.7 Å². The monoisotopic (exact) mass is 274 g/mol. The van der Waals surface area contributed by atoms with Gasteiger partial charge in [0.15, 0.2) is 6.04 Å². The number of ether oxygens (including phenoxy) is 1. The van der Waals surface area contributed by atoms with E-state index in [1.54, 1.807) is 0 Å². The Labute approximate surface area is 108 Å². The lowest BCUT2D eigenvalue weighted by Crippen LogP contribution is -2.55. The van der Waals surface area contributed by atoms with Crippen molar-refractivity contribution in [1.82, 2.24) is 9.80 Å². The second-order valence-electron chi connectivity index (χ2n) is 4.09. The molecule has 2 rings (SSSR count). The predicted molar refractivity (Wildman–Crippen MR) is 63.0 cm³/mol. The molecule has 0 bridgehead atoms. The maximum Gasteiger partial charge on any atom is 0.328 e. The Hall–Kier alpha value is -1.28. The van der Waals surface area contributed by atoms with Crippen molar-refractivity contribution in [2.24, 2.45) is 0 Å². The molecule has 18 heavy (non-hydrogen) atoms. The van der Waals surface area contributed by atoms with E-state index in [4.69, 9.17) is 9.84 Å². The standard InChI is InChI=1S/C10H14N2O5S/c13-8(3-11-6-18-5-9(11)14)12-1-2-17-4-7(12)10(15)16/h7H,1-6H2,(H,15,16). The van der Waals surface area contributed by atoms with Gasteiger partial charge in [0.2, 0.25) is 11.8 Å². The number of carbonyl (C=O) groups excluding carboxylic acids is 2. The quantitative estimate of drug-likeness (QED) is 0.698. The van der Waals surface area contributed by atoms with E-state index in [2.05, 4.69) is 0 Å². The van der Waals surface area contributed by atoms with Gasteiger partial charge in [-0.3, -0.25) is 9.59 Å². The first-order valence-corrected chi connectivity index (χ1v) is 6.70. The van der Waals surface area contributed by atoms with E-state index < -0.39 is 12.0 Å². The molecule has 2 aliphatic rings. The highest BCUT2D eigenvalue weighted by atomic mass is 32.2. The minimum Gasteiger partial charge on any atom is -0.480 e. The molecule has 8 heteroatoms. The van der Waals surface area contributed by atoms with Gasteiger partial charge in [-0.1, -0.05) is 0 Å². The molecule has 0 saturated carbocycles. The average molecular weight is 274 g/mol. The van der Waals surface area contributed by atoms with Crippen LogP contribution in [0.3, 0.4) is 0 Å². The summed E-state index contributed by atoms with van der Waals surface area (Å²) in [4.78, 5) is 37.2. The summed E-state index contributed by atoms with van der Waals surface area (Å²) in [6.07, 6.45) is 0. The Balaban J connectivity index is 1.97. The lowest BCUT2D eigenvalue weighted by molar-refractivity contribution is -0.159. The summed E-state index contributed by atoms with van der Waals surface area (Å²) in [5, 5.41) is 9.01. The van der Waals surface area contributed by atoms with Crippen LogP contribution >= 0.6 is 11.8 Å². The van der Waals surface area contributed by atoms with Crippen molar-refractivity contribution < 1.29 is 24.2 Å². The molecule has 2 saturated heterocycles. The first kappa shape index (κ1) is 13.2. The van der Waals surface area contributed by atoms with E-state index in [9.17, 15) is 14.4 Å². The number of amides is 2. The number of morpholine rings is 1. The number of carboxylic acid groups (broad SMARTS) is 1. The summed E-state index contributed by atoms with van der Waals surface area (Å²) < 4.78 is 5.06. The third-order valence-electron chi connectivity index (χ3n) is 2.89. The Kier molecular flexibility index (Phi) is 4.07. The molecule has 2 fully saturated rings. The summed E-state index contributed by atoms with van der Waals surface area (Å²) in [7, 11) is 0. The Bertz CT molecular complexity index is 375. The lowest BCUT2D eigenvalue weighted by atomic mass is 10.2. The van der Waals surface area contributed by atoms with Crippen molar-refractivity contribution in [3.63, 3.8) is 0 Å². The topological polar surface area (TPSA) is 87.2 Å². The molecule has 1 unspecified atom stereocenters. The summed E-state index contributed by atoms with van der Waals surface area (Å²) in [5.74, 6) is -0.606. The first-order chi connectivity index (χ1) is 8.59. The number of hydrogen-bond acceptors (Lipinski definition) is 5. The zero-order valence-electron chi connectivity index (χ0n) is 9.70. The molecule has 0 aromatic heterocycles. The molecule has 7 nitrogen and oxygen atoms in total. The minimum atomic E-state index is -1.08. The Morgan fingerprint density at radius 3 is 2.89 bits per heavy atom. The van der Waals surface area contributed by atoms with Gasteiger partial charge < -0.3 is 19.6 Å². The number of nitrogens with zero attached hydrogens (tertiary/aromatic N) is 2. The molecule has 0 aromatic carbocycles. The molecular formula is C10H14N2O5S. The second kappa shape index (κ2) is 5.57. The molecule has 1 N–H and O–H groups in total. The number of hydrogen-bond donors (Lipinski definition) is 1. The maximum atomic E-state index is 12.0. The fraction of sp³-hybridized carbons (Fsp3) is 0.700. The molecule has 0 spiro atoms. The van der Waals surface area contributed by atoms with Gasteiger partial charge in [-0.2, -0.15) is 0 Å². The van der Waals surface area contributed by atoms with Gasteiger partial charge in [-0.25, -0.2) is 4.79 Å². The van der Waals surface area contributed by atoms with E-state index >= 15 is 0 Å². The van der Waals surface area contributed by atoms with Crippen molar-refractivity contribution >= 4 is 29.5 Å². The molecule has 0 radical (unpaired) electrons. The third kappa shape index (κ3) is 2.75. The second-order valence-corrected chi connectivity index (χ2v) is 5.04. The van der Waals surface area contributed by atoms with Gasteiger partial charge >= 0.3 is 5.97 Å². The largest absolute Gasteiger partial charge is 0.480 e. The molecule has 2 heterocycles. The van der Waals surface area contributed by atoms with Gasteiger partial charge in [0, 0.05) is 6.54 Å². The smallest absolute Gasteiger partial charge is 0.328 e. The van der Waals surface area contributed by atoms with Crippen LogP contribution in [0.15, 0.2) is 0 Å². The number of rotatable bonds is 3. The highest BCUT2D eigenvalue weighted by molar-refractivity contribution is 8.00. The highest BCUT2D eigenvalue weighted by Crippen LogP contribution is 2.16. The number of aliphatic carboxylic acids is 1. The maximum absolute atomic E-state index is 12.0. The van der Waals surface area contributed by atoms with Crippen LogP contribution in [0.1, 0.15) is 0 Å².